The first-order chi connectivity index (χ1) is 7.83. The van der Waals surface area contributed by atoms with Gasteiger partial charge in [-0.25, -0.2) is 0 Å². The third-order valence-corrected chi connectivity index (χ3v) is 2.93. The molecular weight excluding hydrogens is 212 g/mol. The SMILES string of the molecule is Cc1ccccc1C(O[Si])c1ccccc1. The average molecular weight is 225 g/mol. The van der Waals surface area contributed by atoms with Gasteiger partial charge in [-0.2, -0.15) is 0 Å². The molecule has 79 valence electrons. The van der Waals surface area contributed by atoms with Crippen LogP contribution in [0.4, 0.5) is 0 Å². The molecule has 1 unspecified atom stereocenters. The normalized spacial score (nSPS) is 12.4. The molecule has 1 nitrogen and oxygen atoms in total. The van der Waals surface area contributed by atoms with Crippen molar-refractivity contribution >= 4 is 10.5 Å². The Morgan fingerprint density at radius 1 is 0.938 bits per heavy atom. The molecule has 0 N–H and O–H groups in total. The predicted octanol–water partition coefficient (Wildman–Crippen LogP) is 3.18. The van der Waals surface area contributed by atoms with Gasteiger partial charge < -0.3 is 4.43 Å². The van der Waals surface area contributed by atoms with Gasteiger partial charge in [0.05, 0.1) is 6.10 Å². The molecule has 0 amide bonds. The Balaban J connectivity index is 2.41. The van der Waals surface area contributed by atoms with Crippen LogP contribution in [-0.4, -0.2) is 10.5 Å². The number of hydrogen-bond donors (Lipinski definition) is 0. The van der Waals surface area contributed by atoms with Crippen molar-refractivity contribution in [3.05, 3.63) is 71.3 Å². The van der Waals surface area contributed by atoms with Crippen LogP contribution in [0, 0.1) is 6.92 Å². The maximum atomic E-state index is 5.41. The van der Waals surface area contributed by atoms with Gasteiger partial charge in [0.25, 0.3) is 0 Å². The first-order valence-electron chi connectivity index (χ1n) is 5.26. The predicted molar refractivity (Wildman–Crippen MR) is 66.3 cm³/mol. The number of rotatable bonds is 3. The lowest BCUT2D eigenvalue weighted by Gasteiger charge is -2.18. The molecule has 16 heavy (non-hydrogen) atoms. The van der Waals surface area contributed by atoms with E-state index < -0.39 is 0 Å². The van der Waals surface area contributed by atoms with E-state index in [0.717, 1.165) is 5.56 Å². The number of aryl methyl sites for hydroxylation is 1. The Hall–Kier alpha value is -1.38. The van der Waals surface area contributed by atoms with Crippen molar-refractivity contribution in [1.29, 1.82) is 0 Å². The topological polar surface area (TPSA) is 9.23 Å². The van der Waals surface area contributed by atoms with Gasteiger partial charge in [0.2, 0.25) is 10.5 Å². The summed E-state index contributed by atoms with van der Waals surface area (Å²) in [5, 5.41) is 0. The van der Waals surface area contributed by atoms with E-state index in [-0.39, 0.29) is 6.10 Å². The van der Waals surface area contributed by atoms with Crippen molar-refractivity contribution in [3.63, 3.8) is 0 Å². The van der Waals surface area contributed by atoms with Crippen LogP contribution in [0.15, 0.2) is 54.6 Å². The second kappa shape index (κ2) is 5.10. The fraction of sp³-hybridized carbons (Fsp3) is 0.143. The minimum atomic E-state index is -0.0564. The molecule has 0 aromatic heterocycles. The number of hydrogen-bond acceptors (Lipinski definition) is 1. The molecule has 0 heterocycles. The van der Waals surface area contributed by atoms with Gasteiger partial charge in [-0.15, -0.1) is 0 Å². The minimum Gasteiger partial charge on any atom is -0.408 e. The Bertz CT molecular complexity index is 453. The molecule has 0 spiro atoms. The molecule has 2 rings (SSSR count). The maximum absolute atomic E-state index is 5.41. The summed E-state index contributed by atoms with van der Waals surface area (Å²) in [4.78, 5) is 0. The standard InChI is InChI=1S/C14H13OSi/c1-11-7-5-6-10-13(11)14(15-16)12-8-3-2-4-9-12/h2-10,14H,1H3. The van der Waals surface area contributed by atoms with E-state index in [0.29, 0.717) is 0 Å². The van der Waals surface area contributed by atoms with Crippen LogP contribution in [0.5, 0.6) is 0 Å². The third-order valence-electron chi connectivity index (χ3n) is 2.69. The average Bonchev–Trinajstić information content (AvgIpc) is 2.34. The van der Waals surface area contributed by atoms with E-state index in [9.17, 15) is 0 Å². The molecule has 0 aliphatic heterocycles. The lowest BCUT2D eigenvalue weighted by Crippen LogP contribution is -2.05. The molecule has 0 saturated carbocycles. The lowest BCUT2D eigenvalue weighted by atomic mass is 9.98. The smallest absolute Gasteiger partial charge is 0.247 e. The maximum Gasteiger partial charge on any atom is 0.247 e. The van der Waals surface area contributed by atoms with Gasteiger partial charge >= 0.3 is 0 Å². The Labute approximate surface area is 99.6 Å². The van der Waals surface area contributed by atoms with Gasteiger partial charge in [0, 0.05) is 0 Å². The van der Waals surface area contributed by atoms with Crippen LogP contribution in [0.2, 0.25) is 0 Å². The van der Waals surface area contributed by atoms with Crippen LogP contribution in [0.25, 0.3) is 0 Å². The van der Waals surface area contributed by atoms with Crippen LogP contribution in [0.3, 0.4) is 0 Å². The summed E-state index contributed by atoms with van der Waals surface area (Å²) in [5.41, 5.74) is 3.56. The summed E-state index contributed by atoms with van der Waals surface area (Å²) in [6.45, 7) is 2.09. The quantitative estimate of drug-likeness (QED) is 0.729. The molecule has 0 aliphatic rings. The van der Waals surface area contributed by atoms with E-state index in [1.54, 1.807) is 0 Å². The first kappa shape index (κ1) is 11.1. The minimum absolute atomic E-state index is 0.0564. The summed E-state index contributed by atoms with van der Waals surface area (Å²) in [6, 6.07) is 18.4. The fourth-order valence-electron chi connectivity index (χ4n) is 1.82. The summed E-state index contributed by atoms with van der Waals surface area (Å²) in [7, 11) is 3.17. The zero-order valence-corrected chi connectivity index (χ0v) is 10.2. The van der Waals surface area contributed by atoms with Crippen molar-refractivity contribution in [2.24, 2.45) is 0 Å². The Morgan fingerprint density at radius 2 is 1.56 bits per heavy atom. The molecule has 2 aromatic carbocycles. The highest BCUT2D eigenvalue weighted by Gasteiger charge is 2.13. The van der Waals surface area contributed by atoms with Gasteiger partial charge in [-0.3, -0.25) is 0 Å². The molecule has 0 bridgehead atoms. The number of benzene rings is 2. The van der Waals surface area contributed by atoms with E-state index in [2.05, 4.69) is 41.7 Å². The zero-order valence-electron chi connectivity index (χ0n) is 9.18. The molecule has 1 atom stereocenters. The highest BCUT2D eigenvalue weighted by atomic mass is 28.2. The monoisotopic (exact) mass is 225 g/mol. The van der Waals surface area contributed by atoms with Crippen molar-refractivity contribution in [2.45, 2.75) is 13.0 Å². The summed E-state index contributed by atoms with van der Waals surface area (Å²) in [5.74, 6) is 0. The van der Waals surface area contributed by atoms with Crippen LogP contribution < -0.4 is 0 Å². The van der Waals surface area contributed by atoms with Gasteiger partial charge in [0.15, 0.2) is 0 Å². The molecular formula is C14H13OSi. The Kier molecular flexibility index (Phi) is 3.54. The zero-order chi connectivity index (χ0) is 11.4. The van der Waals surface area contributed by atoms with Crippen LogP contribution in [0.1, 0.15) is 22.8 Å². The fourth-order valence-corrected chi connectivity index (χ4v) is 2.08. The lowest BCUT2D eigenvalue weighted by molar-refractivity contribution is 0.272. The Morgan fingerprint density at radius 3 is 2.19 bits per heavy atom. The van der Waals surface area contributed by atoms with Gasteiger partial charge in [-0.05, 0) is 23.6 Å². The largest absolute Gasteiger partial charge is 0.408 e. The van der Waals surface area contributed by atoms with Gasteiger partial charge in [0.1, 0.15) is 0 Å². The molecule has 3 radical (unpaired) electrons. The summed E-state index contributed by atoms with van der Waals surface area (Å²) >= 11 is 0. The molecule has 2 aromatic rings. The molecule has 2 heteroatoms. The summed E-state index contributed by atoms with van der Waals surface area (Å²) in [6.07, 6.45) is -0.0564. The van der Waals surface area contributed by atoms with Crippen LogP contribution in [-0.2, 0) is 4.43 Å². The van der Waals surface area contributed by atoms with Crippen molar-refractivity contribution in [3.8, 4) is 0 Å². The molecule has 0 fully saturated rings. The second-order valence-electron chi connectivity index (χ2n) is 3.77. The van der Waals surface area contributed by atoms with Crippen molar-refractivity contribution in [1.82, 2.24) is 0 Å². The third kappa shape index (κ3) is 2.23. The molecule has 0 saturated heterocycles. The van der Waals surface area contributed by atoms with Crippen molar-refractivity contribution < 1.29 is 4.43 Å². The van der Waals surface area contributed by atoms with E-state index >= 15 is 0 Å². The highest BCUT2D eigenvalue weighted by Crippen LogP contribution is 2.27. The van der Waals surface area contributed by atoms with E-state index in [1.807, 2.05) is 30.3 Å². The second-order valence-corrected chi connectivity index (χ2v) is 4.00. The first-order valence-corrected chi connectivity index (χ1v) is 5.66. The van der Waals surface area contributed by atoms with E-state index in [4.69, 9.17) is 4.43 Å². The molecule has 0 aliphatic carbocycles. The van der Waals surface area contributed by atoms with Gasteiger partial charge in [-0.1, -0.05) is 54.6 Å². The van der Waals surface area contributed by atoms with Crippen molar-refractivity contribution in [2.75, 3.05) is 0 Å². The van der Waals surface area contributed by atoms with E-state index in [1.165, 1.54) is 11.1 Å². The summed E-state index contributed by atoms with van der Waals surface area (Å²) < 4.78 is 5.41. The highest BCUT2D eigenvalue weighted by molar-refractivity contribution is 5.98. The van der Waals surface area contributed by atoms with Crippen LogP contribution >= 0.6 is 0 Å².